The Bertz CT molecular complexity index is 416. The number of anilines is 1. The van der Waals surface area contributed by atoms with Crippen LogP contribution in [-0.4, -0.2) is 23.7 Å². The lowest BCUT2D eigenvalue weighted by Crippen LogP contribution is -2.36. The lowest BCUT2D eigenvalue weighted by atomic mass is 9.87. The van der Waals surface area contributed by atoms with Gasteiger partial charge in [0.1, 0.15) is 0 Å². The topological polar surface area (TPSA) is 75.3 Å². The van der Waals surface area contributed by atoms with E-state index in [1.165, 1.54) is 0 Å². The number of halogens is 1. The number of aliphatic hydroxyl groups is 1. The number of rotatable bonds is 6. The average molecular weight is 301 g/mol. The van der Waals surface area contributed by atoms with Crippen molar-refractivity contribution in [2.45, 2.75) is 39.7 Å². The number of hydrogen-bond donors (Lipinski definition) is 3. The molecule has 1 atom stereocenters. The Morgan fingerprint density at radius 1 is 1.35 bits per heavy atom. The van der Waals surface area contributed by atoms with Crippen molar-refractivity contribution in [1.29, 1.82) is 0 Å². The Morgan fingerprint density at radius 3 is 2.40 bits per heavy atom. The van der Waals surface area contributed by atoms with Crippen LogP contribution in [-0.2, 0) is 11.2 Å². The van der Waals surface area contributed by atoms with Crippen LogP contribution in [0.2, 0.25) is 0 Å². The van der Waals surface area contributed by atoms with Crippen LogP contribution in [0.15, 0.2) is 24.3 Å². The number of carbonyl (C=O) groups is 1. The number of nitrogen functional groups attached to an aromatic ring is 1. The fraction of sp³-hybridized carbons (Fsp3) is 0.533. The molecule has 0 aromatic heterocycles. The predicted molar refractivity (Wildman–Crippen MR) is 84.9 cm³/mol. The van der Waals surface area contributed by atoms with Gasteiger partial charge in [0.25, 0.3) is 0 Å². The van der Waals surface area contributed by atoms with Gasteiger partial charge in [-0.1, -0.05) is 26.0 Å². The first-order valence-electron chi connectivity index (χ1n) is 6.58. The molecule has 4 nitrogen and oxygen atoms in total. The number of aliphatic hydroxyl groups excluding tert-OH is 1. The van der Waals surface area contributed by atoms with Gasteiger partial charge in [-0.3, -0.25) is 4.79 Å². The second kappa shape index (κ2) is 8.12. The number of nitrogens with one attached hydrogen (secondary N) is 1. The summed E-state index contributed by atoms with van der Waals surface area (Å²) in [7, 11) is 0. The number of amides is 1. The summed E-state index contributed by atoms with van der Waals surface area (Å²) in [6.45, 7) is 6.39. The summed E-state index contributed by atoms with van der Waals surface area (Å²) in [6.07, 6.45) is 0.657. The summed E-state index contributed by atoms with van der Waals surface area (Å²) < 4.78 is 0. The van der Waals surface area contributed by atoms with E-state index in [4.69, 9.17) is 5.73 Å². The molecule has 0 spiro atoms. The molecule has 1 rings (SSSR count). The zero-order chi connectivity index (χ0) is 14.5. The maximum Gasteiger partial charge on any atom is 0.224 e. The minimum absolute atomic E-state index is 0. The van der Waals surface area contributed by atoms with Gasteiger partial charge in [0.05, 0.1) is 12.5 Å². The summed E-state index contributed by atoms with van der Waals surface area (Å²) in [5.74, 6) is -0.0107. The van der Waals surface area contributed by atoms with Crippen LogP contribution in [0.3, 0.4) is 0 Å². The SMILES string of the molecule is CC(O)CC(C)(C)CNC(=O)Cc1ccc(N)cc1.Cl. The summed E-state index contributed by atoms with van der Waals surface area (Å²) in [5, 5.41) is 12.3. The van der Waals surface area contributed by atoms with Gasteiger partial charge < -0.3 is 16.2 Å². The molecule has 1 aromatic carbocycles. The van der Waals surface area contributed by atoms with Gasteiger partial charge in [0.15, 0.2) is 0 Å². The molecule has 0 heterocycles. The molecule has 0 fully saturated rings. The van der Waals surface area contributed by atoms with Gasteiger partial charge in [-0.15, -0.1) is 12.4 Å². The highest BCUT2D eigenvalue weighted by atomic mass is 35.5. The molecule has 0 saturated carbocycles. The Labute approximate surface area is 127 Å². The zero-order valence-electron chi connectivity index (χ0n) is 12.3. The number of carbonyl (C=O) groups excluding carboxylic acids is 1. The highest BCUT2D eigenvalue weighted by molar-refractivity contribution is 5.85. The molecule has 20 heavy (non-hydrogen) atoms. The minimum Gasteiger partial charge on any atom is -0.399 e. The normalized spacial score (nSPS) is 12.4. The van der Waals surface area contributed by atoms with Crippen LogP contribution in [0.25, 0.3) is 0 Å². The fourth-order valence-corrected chi connectivity index (χ4v) is 2.09. The van der Waals surface area contributed by atoms with E-state index in [9.17, 15) is 9.90 Å². The van der Waals surface area contributed by atoms with Crippen LogP contribution in [0.5, 0.6) is 0 Å². The molecule has 1 unspecified atom stereocenters. The molecular weight excluding hydrogens is 276 g/mol. The molecule has 0 saturated heterocycles. The van der Waals surface area contributed by atoms with Gasteiger partial charge in [-0.2, -0.15) is 0 Å². The van der Waals surface area contributed by atoms with E-state index in [0.29, 0.717) is 25.1 Å². The summed E-state index contributed by atoms with van der Waals surface area (Å²) in [5.41, 5.74) is 7.13. The summed E-state index contributed by atoms with van der Waals surface area (Å²) in [6, 6.07) is 7.30. The number of benzene rings is 1. The Hall–Kier alpha value is -1.26. The smallest absolute Gasteiger partial charge is 0.224 e. The second-order valence-electron chi connectivity index (χ2n) is 5.91. The van der Waals surface area contributed by atoms with Gasteiger partial charge in [0.2, 0.25) is 5.91 Å². The van der Waals surface area contributed by atoms with E-state index < -0.39 is 0 Å². The van der Waals surface area contributed by atoms with Crippen molar-refractivity contribution in [3.8, 4) is 0 Å². The van der Waals surface area contributed by atoms with Crippen molar-refractivity contribution in [1.82, 2.24) is 5.32 Å². The van der Waals surface area contributed by atoms with Crippen LogP contribution in [0, 0.1) is 5.41 Å². The molecule has 0 aliphatic carbocycles. The Kier molecular flexibility index (Phi) is 7.61. The first-order valence-corrected chi connectivity index (χ1v) is 6.58. The monoisotopic (exact) mass is 300 g/mol. The molecule has 4 N–H and O–H groups in total. The first kappa shape index (κ1) is 18.7. The molecule has 114 valence electrons. The third-order valence-electron chi connectivity index (χ3n) is 2.96. The van der Waals surface area contributed by atoms with Gasteiger partial charge in [-0.05, 0) is 36.5 Å². The maximum absolute atomic E-state index is 11.8. The summed E-state index contributed by atoms with van der Waals surface area (Å²) in [4.78, 5) is 11.8. The number of nitrogens with two attached hydrogens (primary N) is 1. The van der Waals surface area contributed by atoms with E-state index in [1.807, 2.05) is 26.0 Å². The quantitative estimate of drug-likeness (QED) is 0.705. The van der Waals surface area contributed by atoms with E-state index in [-0.39, 0.29) is 29.8 Å². The Balaban J connectivity index is 0.00000361. The van der Waals surface area contributed by atoms with Crippen LogP contribution in [0.4, 0.5) is 5.69 Å². The van der Waals surface area contributed by atoms with E-state index in [2.05, 4.69) is 5.32 Å². The molecule has 5 heteroatoms. The van der Waals surface area contributed by atoms with Crippen molar-refractivity contribution in [3.05, 3.63) is 29.8 Å². The third-order valence-corrected chi connectivity index (χ3v) is 2.96. The van der Waals surface area contributed by atoms with Crippen LogP contribution in [0.1, 0.15) is 32.8 Å². The standard InChI is InChI=1S/C15H24N2O2.ClH/c1-11(18)9-15(2,3)10-17-14(19)8-12-4-6-13(16)7-5-12;/h4-7,11,18H,8-10,16H2,1-3H3,(H,17,19);1H. The van der Waals surface area contributed by atoms with Gasteiger partial charge >= 0.3 is 0 Å². The maximum atomic E-state index is 11.8. The highest BCUT2D eigenvalue weighted by Crippen LogP contribution is 2.21. The lowest BCUT2D eigenvalue weighted by molar-refractivity contribution is -0.121. The van der Waals surface area contributed by atoms with Crippen molar-refractivity contribution in [2.75, 3.05) is 12.3 Å². The highest BCUT2D eigenvalue weighted by Gasteiger charge is 2.21. The number of hydrogen-bond acceptors (Lipinski definition) is 3. The predicted octanol–water partition coefficient (Wildman–Crippen LogP) is 2.15. The molecule has 0 aliphatic heterocycles. The molecule has 1 aromatic rings. The van der Waals surface area contributed by atoms with Gasteiger partial charge in [0, 0.05) is 12.2 Å². The average Bonchev–Trinajstić information content (AvgIpc) is 2.28. The van der Waals surface area contributed by atoms with Crippen LogP contribution >= 0.6 is 12.4 Å². The molecule has 0 aliphatic rings. The van der Waals surface area contributed by atoms with E-state index in [1.54, 1.807) is 19.1 Å². The molecule has 1 amide bonds. The summed E-state index contributed by atoms with van der Waals surface area (Å²) >= 11 is 0. The van der Waals surface area contributed by atoms with Crippen molar-refractivity contribution in [2.24, 2.45) is 5.41 Å². The fourth-order valence-electron chi connectivity index (χ4n) is 2.09. The van der Waals surface area contributed by atoms with Crippen molar-refractivity contribution < 1.29 is 9.90 Å². The van der Waals surface area contributed by atoms with Crippen LogP contribution < -0.4 is 11.1 Å². The first-order chi connectivity index (χ1) is 8.78. The molecule has 0 radical (unpaired) electrons. The molecule has 0 bridgehead atoms. The third kappa shape index (κ3) is 7.36. The van der Waals surface area contributed by atoms with Crippen molar-refractivity contribution >= 4 is 24.0 Å². The largest absolute Gasteiger partial charge is 0.399 e. The van der Waals surface area contributed by atoms with Crippen molar-refractivity contribution in [3.63, 3.8) is 0 Å². The second-order valence-corrected chi connectivity index (χ2v) is 5.91. The minimum atomic E-state index is -0.357. The zero-order valence-corrected chi connectivity index (χ0v) is 13.2. The van der Waals surface area contributed by atoms with Gasteiger partial charge in [-0.25, -0.2) is 0 Å². The molecular formula is C15H25ClN2O2. The lowest BCUT2D eigenvalue weighted by Gasteiger charge is -2.26. The Morgan fingerprint density at radius 2 is 1.90 bits per heavy atom. The van der Waals surface area contributed by atoms with E-state index >= 15 is 0 Å². The van der Waals surface area contributed by atoms with E-state index in [0.717, 1.165) is 5.56 Å².